The zero-order valence-electron chi connectivity index (χ0n) is 17.1. The van der Waals surface area contributed by atoms with Crippen LogP contribution in [-0.2, 0) is 9.59 Å². The molecule has 2 atom stereocenters. The number of nitrogens with one attached hydrogen (secondary N) is 4. The van der Waals surface area contributed by atoms with Gasteiger partial charge in [0.05, 0.1) is 11.8 Å². The molecule has 0 spiro atoms. The Labute approximate surface area is 182 Å². The SMILES string of the molecule is CC1CC(=O)NC(n2nc(-c3ccco3)cc2NC(=O)C(=O)c2c[nH]c3ccccc23)N1. The van der Waals surface area contributed by atoms with Gasteiger partial charge in [0.15, 0.2) is 12.0 Å². The number of hydrogen-bond donors (Lipinski definition) is 4. The van der Waals surface area contributed by atoms with E-state index in [1.807, 2.05) is 19.1 Å². The van der Waals surface area contributed by atoms with E-state index in [2.05, 4.69) is 26.0 Å². The Hall–Kier alpha value is -4.18. The molecular weight excluding hydrogens is 412 g/mol. The van der Waals surface area contributed by atoms with Crippen molar-refractivity contribution in [3.05, 3.63) is 60.5 Å². The number of aromatic amines is 1. The molecule has 162 valence electrons. The second-order valence-electron chi connectivity index (χ2n) is 7.61. The summed E-state index contributed by atoms with van der Waals surface area (Å²) in [6, 6.07) is 12.2. The summed E-state index contributed by atoms with van der Waals surface area (Å²) in [5, 5.41) is 13.8. The lowest BCUT2D eigenvalue weighted by Crippen LogP contribution is -2.52. The summed E-state index contributed by atoms with van der Waals surface area (Å²) in [5.41, 5.74) is 1.48. The van der Waals surface area contributed by atoms with Crippen LogP contribution in [0.4, 0.5) is 5.82 Å². The van der Waals surface area contributed by atoms with E-state index in [-0.39, 0.29) is 23.3 Å². The Bertz CT molecular complexity index is 1320. The number of furan rings is 1. The van der Waals surface area contributed by atoms with Crippen LogP contribution in [0.5, 0.6) is 0 Å². The summed E-state index contributed by atoms with van der Waals surface area (Å²) < 4.78 is 6.83. The number of nitrogens with zero attached hydrogens (tertiary/aromatic N) is 2. The highest BCUT2D eigenvalue weighted by Crippen LogP contribution is 2.26. The number of hydrogen-bond acceptors (Lipinski definition) is 6. The summed E-state index contributed by atoms with van der Waals surface area (Å²) in [4.78, 5) is 40.8. The van der Waals surface area contributed by atoms with E-state index >= 15 is 0 Å². The fourth-order valence-electron chi connectivity index (χ4n) is 3.78. The molecule has 10 heteroatoms. The van der Waals surface area contributed by atoms with Crippen LogP contribution in [-0.4, -0.2) is 38.4 Å². The van der Waals surface area contributed by atoms with Gasteiger partial charge in [0.2, 0.25) is 5.91 Å². The van der Waals surface area contributed by atoms with Crippen molar-refractivity contribution in [2.75, 3.05) is 5.32 Å². The highest BCUT2D eigenvalue weighted by atomic mass is 16.3. The number of carbonyl (C=O) groups is 3. The van der Waals surface area contributed by atoms with Crippen molar-refractivity contribution in [1.29, 1.82) is 0 Å². The number of para-hydroxylation sites is 1. The molecule has 1 aliphatic rings. The summed E-state index contributed by atoms with van der Waals surface area (Å²) in [7, 11) is 0. The first-order chi connectivity index (χ1) is 15.5. The van der Waals surface area contributed by atoms with Crippen LogP contribution in [0.25, 0.3) is 22.4 Å². The van der Waals surface area contributed by atoms with E-state index < -0.39 is 18.0 Å². The van der Waals surface area contributed by atoms with Crippen LogP contribution in [0.2, 0.25) is 0 Å². The number of carbonyl (C=O) groups excluding carboxylic acids is 3. The number of H-pyrrole nitrogens is 1. The zero-order chi connectivity index (χ0) is 22.2. The molecule has 3 aromatic heterocycles. The van der Waals surface area contributed by atoms with Gasteiger partial charge >= 0.3 is 0 Å². The second-order valence-corrected chi connectivity index (χ2v) is 7.61. The molecule has 5 rings (SSSR count). The molecule has 2 unspecified atom stereocenters. The van der Waals surface area contributed by atoms with Gasteiger partial charge in [-0.05, 0) is 25.1 Å². The Kier molecular flexibility index (Phi) is 4.83. The average Bonchev–Trinajstić information content (AvgIpc) is 3.51. The van der Waals surface area contributed by atoms with Gasteiger partial charge in [0.1, 0.15) is 11.5 Å². The molecule has 1 aliphatic heterocycles. The van der Waals surface area contributed by atoms with Gasteiger partial charge in [-0.1, -0.05) is 18.2 Å². The molecular formula is C22H20N6O4. The Morgan fingerprint density at radius 3 is 2.84 bits per heavy atom. The van der Waals surface area contributed by atoms with Crippen molar-refractivity contribution in [2.45, 2.75) is 25.7 Å². The molecule has 0 saturated carbocycles. The van der Waals surface area contributed by atoms with Crippen molar-refractivity contribution in [3.8, 4) is 11.5 Å². The average molecular weight is 432 g/mol. The van der Waals surface area contributed by atoms with Gasteiger partial charge in [0.25, 0.3) is 11.7 Å². The van der Waals surface area contributed by atoms with E-state index in [9.17, 15) is 14.4 Å². The highest BCUT2D eigenvalue weighted by Gasteiger charge is 2.29. The van der Waals surface area contributed by atoms with Gasteiger partial charge in [-0.3, -0.25) is 19.7 Å². The minimum absolute atomic E-state index is 0.0959. The Morgan fingerprint density at radius 1 is 1.22 bits per heavy atom. The minimum atomic E-state index is -0.822. The van der Waals surface area contributed by atoms with E-state index in [0.29, 0.717) is 23.3 Å². The summed E-state index contributed by atoms with van der Waals surface area (Å²) in [5.74, 6) is -0.942. The highest BCUT2D eigenvalue weighted by molar-refractivity contribution is 6.48. The number of benzene rings is 1. The maximum Gasteiger partial charge on any atom is 0.297 e. The monoisotopic (exact) mass is 432 g/mol. The number of amides is 2. The fourth-order valence-corrected chi connectivity index (χ4v) is 3.78. The van der Waals surface area contributed by atoms with Crippen molar-refractivity contribution < 1.29 is 18.8 Å². The van der Waals surface area contributed by atoms with Gasteiger partial charge in [-0.25, -0.2) is 4.68 Å². The molecule has 1 fully saturated rings. The lowest BCUT2D eigenvalue weighted by atomic mass is 10.1. The Morgan fingerprint density at radius 2 is 2.06 bits per heavy atom. The lowest BCUT2D eigenvalue weighted by Gasteiger charge is -2.30. The molecule has 2 amide bonds. The Balaban J connectivity index is 1.47. The second kappa shape index (κ2) is 7.82. The molecule has 4 aromatic rings. The minimum Gasteiger partial charge on any atom is -0.463 e. The molecule has 0 radical (unpaired) electrons. The number of Topliss-reactive ketones (excluding diaryl/α,β-unsaturated/α-hetero) is 1. The molecule has 0 aliphatic carbocycles. The molecule has 10 nitrogen and oxygen atoms in total. The fraction of sp³-hybridized carbons (Fsp3) is 0.182. The van der Waals surface area contributed by atoms with E-state index in [4.69, 9.17) is 4.42 Å². The lowest BCUT2D eigenvalue weighted by molar-refractivity contribution is -0.125. The maximum atomic E-state index is 12.9. The molecule has 4 heterocycles. The summed E-state index contributed by atoms with van der Waals surface area (Å²) in [6.07, 6.45) is 2.65. The van der Waals surface area contributed by atoms with Crippen molar-refractivity contribution in [1.82, 2.24) is 25.4 Å². The quantitative estimate of drug-likeness (QED) is 0.283. The van der Waals surface area contributed by atoms with Crippen LogP contribution in [0.1, 0.15) is 30.0 Å². The van der Waals surface area contributed by atoms with Gasteiger partial charge in [-0.2, -0.15) is 5.10 Å². The number of aromatic nitrogens is 3. The first-order valence-electron chi connectivity index (χ1n) is 10.1. The van der Waals surface area contributed by atoms with Crippen molar-refractivity contribution in [2.24, 2.45) is 0 Å². The third-order valence-corrected chi connectivity index (χ3v) is 5.27. The van der Waals surface area contributed by atoms with Crippen LogP contribution in [0, 0.1) is 0 Å². The van der Waals surface area contributed by atoms with Gasteiger partial charge in [0, 0.05) is 35.6 Å². The zero-order valence-corrected chi connectivity index (χ0v) is 17.1. The third kappa shape index (κ3) is 3.56. The molecule has 32 heavy (non-hydrogen) atoms. The largest absolute Gasteiger partial charge is 0.463 e. The van der Waals surface area contributed by atoms with Crippen LogP contribution in [0.15, 0.2) is 59.3 Å². The molecule has 1 saturated heterocycles. The predicted molar refractivity (Wildman–Crippen MR) is 116 cm³/mol. The van der Waals surface area contributed by atoms with Crippen LogP contribution in [0.3, 0.4) is 0 Å². The summed E-state index contributed by atoms with van der Waals surface area (Å²) >= 11 is 0. The number of ketones is 1. The number of fused-ring (bicyclic) bond motifs is 1. The first kappa shape index (κ1) is 19.8. The standard InChI is InChI=1S/C22H20N6O4/c1-12-9-19(29)26-22(24-12)28-18(10-16(27-28)17-7-4-8-32-17)25-21(31)20(30)14-11-23-15-6-3-2-5-13(14)15/h2-8,10-12,22-24H,9H2,1H3,(H,25,31)(H,26,29). The molecule has 4 N–H and O–H groups in total. The van der Waals surface area contributed by atoms with E-state index in [0.717, 1.165) is 5.52 Å². The number of rotatable bonds is 5. The van der Waals surface area contributed by atoms with Crippen molar-refractivity contribution >= 4 is 34.3 Å². The van der Waals surface area contributed by atoms with Gasteiger partial charge in [-0.15, -0.1) is 0 Å². The topological polar surface area (TPSA) is 134 Å². The predicted octanol–water partition coefficient (Wildman–Crippen LogP) is 2.40. The first-order valence-corrected chi connectivity index (χ1v) is 10.1. The van der Waals surface area contributed by atoms with Crippen LogP contribution < -0.4 is 16.0 Å². The maximum absolute atomic E-state index is 12.9. The number of anilines is 1. The normalized spacial score (nSPS) is 18.5. The molecule has 0 bridgehead atoms. The van der Waals surface area contributed by atoms with Gasteiger partial charge < -0.3 is 20.0 Å². The molecule has 1 aromatic carbocycles. The third-order valence-electron chi connectivity index (χ3n) is 5.27. The van der Waals surface area contributed by atoms with E-state index in [1.54, 1.807) is 30.3 Å². The van der Waals surface area contributed by atoms with E-state index in [1.165, 1.54) is 17.1 Å². The summed E-state index contributed by atoms with van der Waals surface area (Å²) in [6.45, 7) is 1.88. The smallest absolute Gasteiger partial charge is 0.297 e. The van der Waals surface area contributed by atoms with Crippen LogP contribution >= 0.6 is 0 Å². The van der Waals surface area contributed by atoms with Crippen molar-refractivity contribution in [3.63, 3.8) is 0 Å².